The van der Waals surface area contributed by atoms with Crippen LogP contribution in [0, 0.1) is 6.92 Å². The third-order valence-electron chi connectivity index (χ3n) is 3.37. The van der Waals surface area contributed by atoms with Crippen molar-refractivity contribution in [2.75, 3.05) is 31.2 Å². The summed E-state index contributed by atoms with van der Waals surface area (Å²) in [6.07, 6.45) is 1.71. The highest BCUT2D eigenvalue weighted by molar-refractivity contribution is 5.66. The summed E-state index contributed by atoms with van der Waals surface area (Å²) in [5, 5.41) is 0. The van der Waals surface area contributed by atoms with E-state index in [0.717, 1.165) is 37.6 Å². The number of hydrogen-bond acceptors (Lipinski definition) is 3. The first-order chi connectivity index (χ1) is 8.84. The molecule has 3 nitrogen and oxygen atoms in total. The summed E-state index contributed by atoms with van der Waals surface area (Å²) in [6, 6.07) is 10.4. The molecule has 1 saturated heterocycles. The summed E-state index contributed by atoms with van der Waals surface area (Å²) < 4.78 is 10.8. The summed E-state index contributed by atoms with van der Waals surface area (Å²) in [5.74, 6) is 0.932. The zero-order valence-corrected chi connectivity index (χ0v) is 10.6. The Morgan fingerprint density at radius 3 is 2.61 bits per heavy atom. The minimum absolute atomic E-state index is 0.818. The fourth-order valence-corrected chi connectivity index (χ4v) is 2.37. The Bertz CT molecular complexity index is 513. The fraction of sp³-hybridized carbons (Fsp3) is 0.333. The van der Waals surface area contributed by atoms with E-state index in [1.165, 1.54) is 11.3 Å². The summed E-state index contributed by atoms with van der Waals surface area (Å²) in [4.78, 5) is 2.36. The molecule has 0 amide bonds. The lowest BCUT2D eigenvalue weighted by Gasteiger charge is -2.29. The van der Waals surface area contributed by atoms with Crippen molar-refractivity contribution < 1.29 is 9.15 Å². The number of rotatable bonds is 2. The maximum absolute atomic E-state index is 5.45. The van der Waals surface area contributed by atoms with Gasteiger partial charge < -0.3 is 14.1 Å². The van der Waals surface area contributed by atoms with Gasteiger partial charge in [0.25, 0.3) is 0 Å². The quantitative estimate of drug-likeness (QED) is 0.810. The molecule has 3 rings (SSSR count). The standard InChI is InChI=1S/C15H17NO2/c1-12-11-13(16-6-9-17-10-7-16)4-5-14(12)15-3-2-8-18-15/h2-5,8,11H,6-7,9-10H2,1H3. The predicted octanol–water partition coefficient (Wildman–Crippen LogP) is 3.09. The molecule has 2 heterocycles. The van der Waals surface area contributed by atoms with E-state index in [1.807, 2.05) is 12.1 Å². The molecule has 0 aliphatic carbocycles. The van der Waals surface area contributed by atoms with Crippen LogP contribution in [0.1, 0.15) is 5.56 Å². The molecule has 3 heteroatoms. The summed E-state index contributed by atoms with van der Waals surface area (Å²) in [6.45, 7) is 5.71. The maximum Gasteiger partial charge on any atom is 0.134 e. The number of furan rings is 1. The van der Waals surface area contributed by atoms with Crippen LogP contribution in [0.25, 0.3) is 11.3 Å². The topological polar surface area (TPSA) is 25.6 Å². The van der Waals surface area contributed by atoms with Crippen molar-refractivity contribution in [3.05, 3.63) is 42.2 Å². The fourth-order valence-electron chi connectivity index (χ4n) is 2.37. The molecule has 2 aromatic rings. The Morgan fingerprint density at radius 2 is 1.94 bits per heavy atom. The van der Waals surface area contributed by atoms with Crippen LogP contribution in [0.4, 0.5) is 5.69 Å². The van der Waals surface area contributed by atoms with E-state index in [1.54, 1.807) is 6.26 Å². The second kappa shape index (κ2) is 4.86. The van der Waals surface area contributed by atoms with Crippen molar-refractivity contribution in [2.45, 2.75) is 6.92 Å². The van der Waals surface area contributed by atoms with Gasteiger partial charge in [0.15, 0.2) is 0 Å². The van der Waals surface area contributed by atoms with Gasteiger partial charge in [0, 0.05) is 24.3 Å². The number of morpholine rings is 1. The third kappa shape index (κ3) is 2.14. The van der Waals surface area contributed by atoms with Crippen LogP contribution in [-0.2, 0) is 4.74 Å². The largest absolute Gasteiger partial charge is 0.464 e. The predicted molar refractivity (Wildman–Crippen MR) is 71.9 cm³/mol. The molecule has 0 saturated carbocycles. The minimum atomic E-state index is 0.818. The highest BCUT2D eigenvalue weighted by Gasteiger charge is 2.13. The molecule has 0 atom stereocenters. The van der Waals surface area contributed by atoms with Gasteiger partial charge in [0.05, 0.1) is 19.5 Å². The molecular weight excluding hydrogens is 226 g/mol. The lowest BCUT2D eigenvalue weighted by Crippen LogP contribution is -2.36. The molecule has 1 fully saturated rings. The molecule has 0 bridgehead atoms. The summed E-state index contributed by atoms with van der Waals surface area (Å²) in [7, 11) is 0. The van der Waals surface area contributed by atoms with E-state index < -0.39 is 0 Å². The Kier molecular flexibility index (Phi) is 3.07. The van der Waals surface area contributed by atoms with Gasteiger partial charge in [-0.3, -0.25) is 0 Å². The van der Waals surface area contributed by atoms with Gasteiger partial charge >= 0.3 is 0 Å². The van der Waals surface area contributed by atoms with E-state index in [0.29, 0.717) is 0 Å². The van der Waals surface area contributed by atoms with Crippen LogP contribution in [0.15, 0.2) is 41.0 Å². The molecule has 18 heavy (non-hydrogen) atoms. The summed E-state index contributed by atoms with van der Waals surface area (Å²) >= 11 is 0. The van der Waals surface area contributed by atoms with Gasteiger partial charge in [0.1, 0.15) is 5.76 Å². The van der Waals surface area contributed by atoms with Gasteiger partial charge in [-0.2, -0.15) is 0 Å². The van der Waals surface area contributed by atoms with Crippen molar-refractivity contribution in [2.24, 2.45) is 0 Å². The summed E-state index contributed by atoms with van der Waals surface area (Å²) in [5.41, 5.74) is 3.68. The molecule has 94 valence electrons. The number of nitrogens with zero attached hydrogens (tertiary/aromatic N) is 1. The van der Waals surface area contributed by atoms with Crippen LogP contribution in [0.5, 0.6) is 0 Å². The first kappa shape index (κ1) is 11.4. The van der Waals surface area contributed by atoms with Crippen molar-refractivity contribution in [3.63, 3.8) is 0 Å². The number of anilines is 1. The third-order valence-corrected chi connectivity index (χ3v) is 3.37. The highest BCUT2D eigenvalue weighted by atomic mass is 16.5. The van der Waals surface area contributed by atoms with Crippen LogP contribution < -0.4 is 4.90 Å². The number of ether oxygens (including phenoxy) is 1. The molecule has 1 aliphatic heterocycles. The lowest BCUT2D eigenvalue weighted by atomic mass is 10.1. The van der Waals surface area contributed by atoms with Crippen LogP contribution >= 0.6 is 0 Å². The van der Waals surface area contributed by atoms with Crippen LogP contribution in [-0.4, -0.2) is 26.3 Å². The van der Waals surface area contributed by atoms with Crippen molar-refractivity contribution >= 4 is 5.69 Å². The normalized spacial score (nSPS) is 15.9. The van der Waals surface area contributed by atoms with Crippen LogP contribution in [0.2, 0.25) is 0 Å². The molecule has 1 aliphatic rings. The average molecular weight is 243 g/mol. The Labute approximate surface area is 107 Å². The molecular formula is C15H17NO2. The van der Waals surface area contributed by atoms with Crippen LogP contribution in [0.3, 0.4) is 0 Å². The van der Waals surface area contributed by atoms with Gasteiger partial charge in [-0.1, -0.05) is 0 Å². The Hall–Kier alpha value is -1.74. The van der Waals surface area contributed by atoms with Crippen molar-refractivity contribution in [3.8, 4) is 11.3 Å². The second-order valence-corrected chi connectivity index (χ2v) is 4.58. The van der Waals surface area contributed by atoms with Gasteiger partial charge in [0.2, 0.25) is 0 Å². The zero-order chi connectivity index (χ0) is 12.4. The number of hydrogen-bond donors (Lipinski definition) is 0. The van der Waals surface area contributed by atoms with E-state index >= 15 is 0 Å². The minimum Gasteiger partial charge on any atom is -0.464 e. The highest BCUT2D eigenvalue weighted by Crippen LogP contribution is 2.28. The van der Waals surface area contributed by atoms with Crippen molar-refractivity contribution in [1.29, 1.82) is 0 Å². The number of aryl methyl sites for hydroxylation is 1. The Morgan fingerprint density at radius 1 is 1.11 bits per heavy atom. The SMILES string of the molecule is Cc1cc(N2CCOCC2)ccc1-c1ccco1. The van der Waals surface area contributed by atoms with Gasteiger partial charge in [-0.05, 0) is 42.8 Å². The average Bonchev–Trinajstić information content (AvgIpc) is 2.93. The molecule has 1 aromatic heterocycles. The number of benzene rings is 1. The van der Waals surface area contributed by atoms with Gasteiger partial charge in [-0.15, -0.1) is 0 Å². The first-order valence-corrected chi connectivity index (χ1v) is 6.32. The maximum atomic E-state index is 5.45. The van der Waals surface area contributed by atoms with E-state index in [2.05, 4.69) is 30.0 Å². The lowest BCUT2D eigenvalue weighted by molar-refractivity contribution is 0.122. The second-order valence-electron chi connectivity index (χ2n) is 4.58. The van der Waals surface area contributed by atoms with E-state index in [9.17, 15) is 0 Å². The van der Waals surface area contributed by atoms with E-state index in [4.69, 9.17) is 9.15 Å². The van der Waals surface area contributed by atoms with Gasteiger partial charge in [-0.25, -0.2) is 0 Å². The molecule has 0 unspecified atom stereocenters. The first-order valence-electron chi connectivity index (χ1n) is 6.32. The monoisotopic (exact) mass is 243 g/mol. The van der Waals surface area contributed by atoms with E-state index in [-0.39, 0.29) is 0 Å². The van der Waals surface area contributed by atoms with Crippen molar-refractivity contribution in [1.82, 2.24) is 0 Å². The Balaban J connectivity index is 1.89. The zero-order valence-electron chi connectivity index (χ0n) is 10.6. The molecule has 0 spiro atoms. The molecule has 0 radical (unpaired) electrons. The smallest absolute Gasteiger partial charge is 0.134 e. The molecule has 0 N–H and O–H groups in total. The molecule has 1 aromatic carbocycles.